The van der Waals surface area contributed by atoms with Crippen molar-refractivity contribution in [2.24, 2.45) is 0 Å². The Labute approximate surface area is 92.1 Å². The van der Waals surface area contributed by atoms with E-state index in [4.69, 9.17) is 9.84 Å². The van der Waals surface area contributed by atoms with Crippen molar-refractivity contribution >= 4 is 11.8 Å². The molecule has 88 valence electrons. The van der Waals surface area contributed by atoms with Crippen molar-refractivity contribution in [2.75, 3.05) is 25.6 Å². The SMILES string of the molecule is COCC(O)CNc1ccc(C(=O)O)nn1. The standard InChI is InChI=1S/C9H13N3O4/c1-16-5-6(13)4-10-8-3-2-7(9(14)15)11-12-8/h2-3,6,13H,4-5H2,1H3,(H,10,12)(H,14,15). The number of hydrogen-bond acceptors (Lipinski definition) is 6. The molecule has 0 bridgehead atoms. The molecule has 7 nitrogen and oxygen atoms in total. The van der Waals surface area contributed by atoms with E-state index in [1.54, 1.807) is 0 Å². The number of aliphatic hydroxyl groups is 1. The molecule has 0 aliphatic rings. The van der Waals surface area contributed by atoms with Gasteiger partial charge in [0.25, 0.3) is 0 Å². The fraction of sp³-hybridized carbons (Fsp3) is 0.444. The van der Waals surface area contributed by atoms with Gasteiger partial charge in [-0.3, -0.25) is 0 Å². The molecule has 0 saturated carbocycles. The van der Waals surface area contributed by atoms with Gasteiger partial charge < -0.3 is 20.3 Å². The van der Waals surface area contributed by atoms with Gasteiger partial charge in [0.2, 0.25) is 0 Å². The van der Waals surface area contributed by atoms with Gasteiger partial charge in [-0.2, -0.15) is 0 Å². The molecule has 0 aliphatic heterocycles. The van der Waals surface area contributed by atoms with E-state index in [1.807, 2.05) is 0 Å². The van der Waals surface area contributed by atoms with Gasteiger partial charge in [-0.1, -0.05) is 0 Å². The van der Waals surface area contributed by atoms with Crippen molar-refractivity contribution in [3.8, 4) is 0 Å². The van der Waals surface area contributed by atoms with Crippen LogP contribution < -0.4 is 5.32 Å². The van der Waals surface area contributed by atoms with Gasteiger partial charge in [-0.05, 0) is 12.1 Å². The van der Waals surface area contributed by atoms with Crippen LogP contribution in [0.15, 0.2) is 12.1 Å². The van der Waals surface area contributed by atoms with Gasteiger partial charge in [-0.25, -0.2) is 4.79 Å². The van der Waals surface area contributed by atoms with E-state index in [1.165, 1.54) is 19.2 Å². The number of carboxylic acid groups (broad SMARTS) is 1. The predicted octanol–water partition coefficient (Wildman–Crippen LogP) is -0.406. The van der Waals surface area contributed by atoms with E-state index in [2.05, 4.69) is 15.5 Å². The third-order valence-electron chi connectivity index (χ3n) is 1.76. The van der Waals surface area contributed by atoms with Gasteiger partial charge in [-0.15, -0.1) is 10.2 Å². The summed E-state index contributed by atoms with van der Waals surface area (Å²) >= 11 is 0. The maximum absolute atomic E-state index is 10.5. The topological polar surface area (TPSA) is 105 Å². The maximum Gasteiger partial charge on any atom is 0.356 e. The molecular formula is C9H13N3O4. The second-order valence-electron chi connectivity index (χ2n) is 3.10. The van der Waals surface area contributed by atoms with Crippen molar-refractivity contribution in [3.05, 3.63) is 17.8 Å². The molecule has 1 aromatic heterocycles. The summed E-state index contributed by atoms with van der Waals surface area (Å²) in [7, 11) is 1.49. The zero-order valence-electron chi connectivity index (χ0n) is 8.75. The van der Waals surface area contributed by atoms with Crippen molar-refractivity contribution in [3.63, 3.8) is 0 Å². The molecule has 0 spiro atoms. The number of aliphatic hydroxyl groups excluding tert-OH is 1. The molecular weight excluding hydrogens is 214 g/mol. The highest BCUT2D eigenvalue weighted by molar-refractivity contribution is 5.85. The Morgan fingerprint density at radius 1 is 1.56 bits per heavy atom. The van der Waals surface area contributed by atoms with Crippen LogP contribution in [0.4, 0.5) is 5.82 Å². The van der Waals surface area contributed by atoms with Crippen molar-refractivity contribution < 1.29 is 19.7 Å². The number of carboxylic acids is 1. The third-order valence-corrected chi connectivity index (χ3v) is 1.76. The molecule has 0 radical (unpaired) electrons. The summed E-state index contributed by atoms with van der Waals surface area (Å²) < 4.78 is 4.74. The number of anilines is 1. The van der Waals surface area contributed by atoms with E-state index in [0.29, 0.717) is 5.82 Å². The normalized spacial score (nSPS) is 12.1. The molecule has 1 aromatic rings. The Morgan fingerprint density at radius 3 is 2.81 bits per heavy atom. The lowest BCUT2D eigenvalue weighted by atomic mass is 10.3. The highest BCUT2D eigenvalue weighted by Gasteiger charge is 2.06. The minimum Gasteiger partial charge on any atom is -0.476 e. The van der Waals surface area contributed by atoms with Gasteiger partial charge in [0.15, 0.2) is 5.69 Å². The van der Waals surface area contributed by atoms with Crippen molar-refractivity contribution in [2.45, 2.75) is 6.10 Å². The minimum absolute atomic E-state index is 0.122. The molecule has 0 saturated heterocycles. The molecule has 0 aliphatic carbocycles. The number of nitrogens with zero attached hydrogens (tertiary/aromatic N) is 2. The summed E-state index contributed by atoms with van der Waals surface area (Å²) in [5.41, 5.74) is -0.122. The molecule has 16 heavy (non-hydrogen) atoms. The van der Waals surface area contributed by atoms with Gasteiger partial charge in [0.1, 0.15) is 5.82 Å². The van der Waals surface area contributed by atoms with E-state index in [9.17, 15) is 9.90 Å². The summed E-state index contributed by atoms with van der Waals surface area (Å²) in [6.45, 7) is 0.475. The fourth-order valence-corrected chi connectivity index (χ4v) is 1.01. The zero-order valence-corrected chi connectivity index (χ0v) is 8.75. The van der Waals surface area contributed by atoms with Crippen LogP contribution in [0, 0.1) is 0 Å². The first-order valence-electron chi connectivity index (χ1n) is 4.61. The summed E-state index contributed by atoms with van der Waals surface area (Å²) in [5, 5.41) is 27.8. The third kappa shape index (κ3) is 3.79. The van der Waals surface area contributed by atoms with Crippen LogP contribution in [0.1, 0.15) is 10.5 Å². The monoisotopic (exact) mass is 227 g/mol. The maximum atomic E-state index is 10.5. The number of hydrogen-bond donors (Lipinski definition) is 3. The van der Waals surface area contributed by atoms with E-state index in [0.717, 1.165) is 0 Å². The Morgan fingerprint density at radius 2 is 2.31 bits per heavy atom. The van der Waals surface area contributed by atoms with E-state index < -0.39 is 12.1 Å². The summed E-state index contributed by atoms with van der Waals surface area (Å²) in [6.07, 6.45) is -0.647. The van der Waals surface area contributed by atoms with Crippen LogP contribution >= 0.6 is 0 Å². The largest absolute Gasteiger partial charge is 0.476 e. The molecule has 1 heterocycles. The van der Waals surface area contributed by atoms with Crippen LogP contribution in [-0.2, 0) is 4.74 Å². The highest BCUT2D eigenvalue weighted by Crippen LogP contribution is 2.02. The lowest BCUT2D eigenvalue weighted by Crippen LogP contribution is -2.24. The minimum atomic E-state index is -1.13. The molecule has 3 N–H and O–H groups in total. The second-order valence-corrected chi connectivity index (χ2v) is 3.10. The number of rotatable bonds is 6. The quantitative estimate of drug-likeness (QED) is 0.607. The first-order chi connectivity index (χ1) is 7.63. The summed E-state index contributed by atoms with van der Waals surface area (Å²) in [5.74, 6) is -0.723. The van der Waals surface area contributed by atoms with Gasteiger partial charge in [0.05, 0.1) is 12.7 Å². The number of ether oxygens (including phenoxy) is 1. The molecule has 7 heteroatoms. The smallest absolute Gasteiger partial charge is 0.356 e. The molecule has 1 unspecified atom stereocenters. The molecule has 0 aromatic carbocycles. The van der Waals surface area contributed by atoms with Crippen LogP contribution in [0.25, 0.3) is 0 Å². The number of carbonyl (C=O) groups is 1. The second kappa shape index (κ2) is 5.99. The lowest BCUT2D eigenvalue weighted by molar-refractivity contribution is 0.0688. The number of methoxy groups -OCH3 is 1. The molecule has 0 fully saturated rings. The van der Waals surface area contributed by atoms with Crippen molar-refractivity contribution in [1.29, 1.82) is 0 Å². The number of aromatic nitrogens is 2. The Balaban J connectivity index is 2.46. The lowest BCUT2D eigenvalue weighted by Gasteiger charge is -2.10. The van der Waals surface area contributed by atoms with Crippen molar-refractivity contribution in [1.82, 2.24) is 10.2 Å². The average Bonchev–Trinajstić information content (AvgIpc) is 2.27. The zero-order chi connectivity index (χ0) is 12.0. The number of nitrogens with one attached hydrogen (secondary N) is 1. The Kier molecular flexibility index (Phi) is 4.62. The van der Waals surface area contributed by atoms with Gasteiger partial charge in [0, 0.05) is 13.7 Å². The van der Waals surface area contributed by atoms with E-state index >= 15 is 0 Å². The summed E-state index contributed by atoms with van der Waals surface area (Å²) in [4.78, 5) is 10.5. The fourth-order valence-electron chi connectivity index (χ4n) is 1.01. The van der Waals surface area contributed by atoms with Crippen LogP contribution in [0.3, 0.4) is 0 Å². The predicted molar refractivity (Wildman–Crippen MR) is 55.4 cm³/mol. The first kappa shape index (κ1) is 12.3. The summed E-state index contributed by atoms with van der Waals surface area (Å²) in [6, 6.07) is 2.82. The molecule has 1 rings (SSSR count). The van der Waals surface area contributed by atoms with Crippen LogP contribution in [0.2, 0.25) is 0 Å². The van der Waals surface area contributed by atoms with Crippen LogP contribution in [0.5, 0.6) is 0 Å². The Bertz CT molecular complexity index is 341. The molecule has 1 atom stereocenters. The Hall–Kier alpha value is -1.73. The highest BCUT2D eigenvalue weighted by atomic mass is 16.5. The van der Waals surface area contributed by atoms with Crippen LogP contribution in [-0.4, -0.2) is 52.7 Å². The van der Waals surface area contributed by atoms with Gasteiger partial charge >= 0.3 is 5.97 Å². The molecule has 0 amide bonds. The first-order valence-corrected chi connectivity index (χ1v) is 4.61. The average molecular weight is 227 g/mol. The number of aromatic carboxylic acids is 1. The van der Waals surface area contributed by atoms with E-state index in [-0.39, 0.29) is 18.8 Å².